The van der Waals surface area contributed by atoms with Gasteiger partial charge in [-0.25, -0.2) is 0 Å². The molecule has 1 unspecified atom stereocenters. The second-order valence-corrected chi connectivity index (χ2v) is 3.34. The molecule has 2 heteroatoms. The molecule has 0 saturated heterocycles. The van der Waals surface area contributed by atoms with Crippen LogP contribution in [0.2, 0.25) is 0 Å². The lowest BCUT2D eigenvalue weighted by atomic mass is 10.2. The molecule has 1 N–H and O–H groups in total. The summed E-state index contributed by atoms with van der Waals surface area (Å²) in [6.07, 6.45) is 2.47. The van der Waals surface area contributed by atoms with Crippen molar-refractivity contribution in [1.82, 2.24) is 10.2 Å². The lowest BCUT2D eigenvalue weighted by Gasteiger charge is -2.25. The largest absolute Gasteiger partial charge is 0.315 e. The Labute approximate surface area is 77.3 Å². The van der Waals surface area contributed by atoms with Gasteiger partial charge in [-0.1, -0.05) is 20.8 Å². The summed E-state index contributed by atoms with van der Waals surface area (Å²) in [5.41, 5.74) is 0. The molecule has 0 amide bonds. The zero-order valence-electron chi connectivity index (χ0n) is 9.06. The molecular formula is C10H24N2. The first kappa shape index (κ1) is 11.9. The molecule has 74 valence electrons. The Bertz CT molecular complexity index is 93.8. The topological polar surface area (TPSA) is 15.3 Å². The summed E-state index contributed by atoms with van der Waals surface area (Å²) in [6, 6.07) is 0.710. The fourth-order valence-corrected chi connectivity index (χ4v) is 1.32. The summed E-state index contributed by atoms with van der Waals surface area (Å²) in [4.78, 5) is 2.41. The minimum atomic E-state index is 0.710. The third kappa shape index (κ3) is 4.73. The lowest BCUT2D eigenvalue weighted by molar-refractivity contribution is 0.241. The highest BCUT2D eigenvalue weighted by Crippen LogP contribution is 1.99. The van der Waals surface area contributed by atoms with Gasteiger partial charge in [-0.15, -0.1) is 0 Å². The van der Waals surface area contributed by atoms with Crippen LogP contribution < -0.4 is 5.32 Å². The number of hydrogen-bond acceptors (Lipinski definition) is 2. The van der Waals surface area contributed by atoms with E-state index >= 15 is 0 Å². The van der Waals surface area contributed by atoms with Gasteiger partial charge in [0.05, 0.1) is 0 Å². The minimum Gasteiger partial charge on any atom is -0.315 e. The van der Waals surface area contributed by atoms with Crippen molar-refractivity contribution in [1.29, 1.82) is 0 Å². The molecule has 2 nitrogen and oxygen atoms in total. The summed E-state index contributed by atoms with van der Waals surface area (Å²) >= 11 is 0. The van der Waals surface area contributed by atoms with Gasteiger partial charge in [0.2, 0.25) is 0 Å². The van der Waals surface area contributed by atoms with Crippen molar-refractivity contribution in [2.45, 2.75) is 39.7 Å². The molecule has 0 rings (SSSR count). The number of nitrogens with zero attached hydrogens (tertiary/aromatic N) is 1. The van der Waals surface area contributed by atoms with E-state index in [2.05, 4.69) is 38.0 Å². The molecule has 1 atom stereocenters. The van der Waals surface area contributed by atoms with Gasteiger partial charge in [0, 0.05) is 12.6 Å². The number of rotatable bonds is 7. The van der Waals surface area contributed by atoms with Crippen molar-refractivity contribution in [3.8, 4) is 0 Å². The van der Waals surface area contributed by atoms with Crippen LogP contribution in [-0.4, -0.2) is 37.6 Å². The fraction of sp³-hybridized carbons (Fsp3) is 1.00. The molecule has 0 aliphatic rings. The average molecular weight is 172 g/mol. The Morgan fingerprint density at radius 1 is 1.25 bits per heavy atom. The SMILES string of the molecule is CCCNCC(CC)N(C)CC. The summed E-state index contributed by atoms with van der Waals surface area (Å²) in [6.45, 7) is 10.1. The van der Waals surface area contributed by atoms with Crippen LogP contribution in [0.4, 0.5) is 0 Å². The highest BCUT2D eigenvalue weighted by atomic mass is 15.1. The first-order valence-corrected chi connectivity index (χ1v) is 5.17. The molecule has 0 aromatic rings. The molecule has 0 saturated carbocycles. The van der Waals surface area contributed by atoms with E-state index in [1.807, 2.05) is 0 Å². The second kappa shape index (κ2) is 7.56. The standard InChI is InChI=1S/C10H24N2/c1-5-8-11-9-10(6-2)12(4)7-3/h10-11H,5-9H2,1-4H3. The molecule has 0 heterocycles. The predicted octanol–water partition coefficient (Wildman–Crippen LogP) is 1.72. The van der Waals surface area contributed by atoms with Crippen molar-refractivity contribution in [2.24, 2.45) is 0 Å². The second-order valence-electron chi connectivity index (χ2n) is 3.34. The first-order chi connectivity index (χ1) is 5.76. The summed E-state index contributed by atoms with van der Waals surface area (Å²) < 4.78 is 0. The number of likely N-dealkylation sites (N-methyl/N-ethyl adjacent to an activating group) is 1. The number of hydrogen-bond donors (Lipinski definition) is 1. The highest BCUT2D eigenvalue weighted by Gasteiger charge is 2.08. The van der Waals surface area contributed by atoms with E-state index in [0.29, 0.717) is 6.04 Å². The van der Waals surface area contributed by atoms with Crippen LogP contribution in [-0.2, 0) is 0 Å². The summed E-state index contributed by atoms with van der Waals surface area (Å²) in [5, 5.41) is 3.46. The highest BCUT2D eigenvalue weighted by molar-refractivity contribution is 4.68. The molecule has 0 aromatic carbocycles. The Kier molecular flexibility index (Phi) is 7.51. The van der Waals surface area contributed by atoms with Gasteiger partial charge in [-0.3, -0.25) is 0 Å². The van der Waals surface area contributed by atoms with Gasteiger partial charge in [0.15, 0.2) is 0 Å². The van der Waals surface area contributed by atoms with Crippen molar-refractivity contribution in [3.63, 3.8) is 0 Å². The lowest BCUT2D eigenvalue weighted by Crippen LogP contribution is -2.39. The Morgan fingerprint density at radius 2 is 1.92 bits per heavy atom. The van der Waals surface area contributed by atoms with Crippen LogP contribution in [0.15, 0.2) is 0 Å². The maximum atomic E-state index is 3.46. The van der Waals surface area contributed by atoms with E-state index in [1.54, 1.807) is 0 Å². The van der Waals surface area contributed by atoms with Gasteiger partial charge >= 0.3 is 0 Å². The molecule has 0 fully saturated rings. The van der Waals surface area contributed by atoms with Crippen molar-refractivity contribution < 1.29 is 0 Å². The maximum absolute atomic E-state index is 3.46. The van der Waals surface area contributed by atoms with Crippen LogP contribution in [0.1, 0.15) is 33.6 Å². The Hall–Kier alpha value is -0.0800. The van der Waals surface area contributed by atoms with Crippen LogP contribution in [0, 0.1) is 0 Å². The van der Waals surface area contributed by atoms with Crippen LogP contribution in [0.3, 0.4) is 0 Å². The third-order valence-corrected chi connectivity index (χ3v) is 2.40. The fourth-order valence-electron chi connectivity index (χ4n) is 1.32. The van der Waals surface area contributed by atoms with E-state index in [4.69, 9.17) is 0 Å². The molecule has 0 spiro atoms. The smallest absolute Gasteiger partial charge is 0.0214 e. The number of nitrogens with one attached hydrogen (secondary N) is 1. The Morgan fingerprint density at radius 3 is 2.33 bits per heavy atom. The van der Waals surface area contributed by atoms with E-state index in [1.165, 1.54) is 12.8 Å². The van der Waals surface area contributed by atoms with Crippen molar-refractivity contribution in [2.75, 3.05) is 26.7 Å². The molecule has 0 bridgehead atoms. The van der Waals surface area contributed by atoms with Crippen LogP contribution >= 0.6 is 0 Å². The Balaban J connectivity index is 3.52. The van der Waals surface area contributed by atoms with E-state index < -0.39 is 0 Å². The normalized spacial score (nSPS) is 13.8. The maximum Gasteiger partial charge on any atom is 0.0214 e. The van der Waals surface area contributed by atoms with Gasteiger partial charge < -0.3 is 10.2 Å². The quantitative estimate of drug-likeness (QED) is 0.588. The molecule has 12 heavy (non-hydrogen) atoms. The molecular weight excluding hydrogens is 148 g/mol. The predicted molar refractivity (Wildman–Crippen MR) is 55.5 cm³/mol. The minimum absolute atomic E-state index is 0.710. The van der Waals surface area contributed by atoms with Gasteiger partial charge in [-0.2, -0.15) is 0 Å². The monoisotopic (exact) mass is 172 g/mol. The van der Waals surface area contributed by atoms with E-state index in [9.17, 15) is 0 Å². The molecule has 0 radical (unpaired) electrons. The van der Waals surface area contributed by atoms with Crippen molar-refractivity contribution in [3.05, 3.63) is 0 Å². The zero-order valence-corrected chi connectivity index (χ0v) is 9.06. The zero-order chi connectivity index (χ0) is 9.40. The van der Waals surface area contributed by atoms with Crippen molar-refractivity contribution >= 4 is 0 Å². The summed E-state index contributed by atoms with van der Waals surface area (Å²) in [5.74, 6) is 0. The average Bonchev–Trinajstić information content (AvgIpc) is 2.11. The summed E-state index contributed by atoms with van der Waals surface area (Å²) in [7, 11) is 2.20. The van der Waals surface area contributed by atoms with E-state index in [0.717, 1.165) is 19.6 Å². The van der Waals surface area contributed by atoms with Crippen LogP contribution in [0.5, 0.6) is 0 Å². The molecule has 0 aromatic heterocycles. The van der Waals surface area contributed by atoms with E-state index in [-0.39, 0.29) is 0 Å². The van der Waals surface area contributed by atoms with Gasteiger partial charge in [0.1, 0.15) is 0 Å². The third-order valence-electron chi connectivity index (χ3n) is 2.40. The van der Waals surface area contributed by atoms with Gasteiger partial charge in [-0.05, 0) is 33.0 Å². The first-order valence-electron chi connectivity index (χ1n) is 5.17. The molecule has 0 aliphatic carbocycles. The molecule has 0 aliphatic heterocycles. The van der Waals surface area contributed by atoms with Crippen LogP contribution in [0.25, 0.3) is 0 Å². The van der Waals surface area contributed by atoms with Gasteiger partial charge in [0.25, 0.3) is 0 Å².